The lowest BCUT2D eigenvalue weighted by atomic mass is 9.94. The average molecular weight is 440 g/mol. The summed E-state index contributed by atoms with van der Waals surface area (Å²) in [6, 6.07) is 11.1. The lowest BCUT2D eigenvalue weighted by Crippen LogP contribution is -2.35. The molecule has 0 spiro atoms. The highest BCUT2D eigenvalue weighted by Crippen LogP contribution is 2.44. The van der Waals surface area contributed by atoms with Crippen LogP contribution < -0.4 is 14.2 Å². The van der Waals surface area contributed by atoms with Gasteiger partial charge in [-0.2, -0.15) is 0 Å². The van der Waals surface area contributed by atoms with Crippen LogP contribution in [0, 0.1) is 0 Å². The Morgan fingerprint density at radius 2 is 1.69 bits per heavy atom. The summed E-state index contributed by atoms with van der Waals surface area (Å²) in [6.07, 6.45) is 0. The Kier molecular flexibility index (Phi) is 7.05. The molecular formula is C24H28N2O6. The quantitative estimate of drug-likeness (QED) is 0.384. The van der Waals surface area contributed by atoms with Crippen LogP contribution in [0.5, 0.6) is 17.2 Å². The maximum atomic E-state index is 13.2. The smallest absolute Gasteiger partial charge is 0.295 e. The van der Waals surface area contributed by atoms with E-state index in [-0.39, 0.29) is 17.9 Å². The van der Waals surface area contributed by atoms with E-state index in [0.29, 0.717) is 34.9 Å². The number of aliphatic hydroxyl groups excluding tert-OH is 1. The van der Waals surface area contributed by atoms with Crippen molar-refractivity contribution in [3.8, 4) is 17.2 Å². The second-order valence-corrected chi connectivity index (χ2v) is 7.60. The van der Waals surface area contributed by atoms with Gasteiger partial charge in [-0.25, -0.2) is 0 Å². The molecule has 0 aliphatic carbocycles. The number of methoxy groups -OCH3 is 3. The first-order valence-electron chi connectivity index (χ1n) is 10.1. The fraction of sp³-hybridized carbons (Fsp3) is 0.333. The molecule has 1 heterocycles. The van der Waals surface area contributed by atoms with Crippen LogP contribution in [0.25, 0.3) is 5.76 Å². The molecule has 1 amide bonds. The van der Waals surface area contributed by atoms with E-state index >= 15 is 0 Å². The molecule has 8 nitrogen and oxygen atoms in total. The number of likely N-dealkylation sites (tertiary alicyclic amines) is 1. The van der Waals surface area contributed by atoms with Crippen molar-refractivity contribution in [1.82, 2.24) is 9.80 Å². The SMILES string of the molecule is COc1ccc(OC)c(C2/C(=C(\O)c3ccccc3OC)C(=O)C(=O)N2CCN(C)C)c1. The third-order valence-electron chi connectivity index (χ3n) is 5.42. The van der Waals surface area contributed by atoms with Crippen LogP contribution >= 0.6 is 0 Å². The minimum atomic E-state index is -0.857. The molecule has 1 saturated heterocycles. The van der Waals surface area contributed by atoms with Gasteiger partial charge in [0.1, 0.15) is 23.0 Å². The van der Waals surface area contributed by atoms with Crippen LogP contribution in [0.2, 0.25) is 0 Å². The first kappa shape index (κ1) is 23.1. The Morgan fingerprint density at radius 1 is 1.00 bits per heavy atom. The molecule has 2 aromatic carbocycles. The van der Waals surface area contributed by atoms with E-state index in [1.54, 1.807) is 42.5 Å². The number of hydrogen-bond donors (Lipinski definition) is 1. The van der Waals surface area contributed by atoms with Gasteiger partial charge in [0.25, 0.3) is 11.7 Å². The number of nitrogens with zero attached hydrogens (tertiary/aromatic N) is 2. The number of hydrogen-bond acceptors (Lipinski definition) is 7. The zero-order valence-corrected chi connectivity index (χ0v) is 18.9. The van der Waals surface area contributed by atoms with Crippen LogP contribution in [0.3, 0.4) is 0 Å². The van der Waals surface area contributed by atoms with Crippen molar-refractivity contribution in [1.29, 1.82) is 0 Å². The maximum absolute atomic E-state index is 13.2. The number of benzene rings is 2. The third-order valence-corrected chi connectivity index (χ3v) is 5.42. The van der Waals surface area contributed by atoms with Gasteiger partial charge in [0, 0.05) is 18.7 Å². The highest BCUT2D eigenvalue weighted by atomic mass is 16.5. The van der Waals surface area contributed by atoms with Crippen LogP contribution in [0.1, 0.15) is 17.2 Å². The van der Waals surface area contributed by atoms with Gasteiger partial charge in [-0.05, 0) is 44.4 Å². The number of rotatable bonds is 8. The standard InChI is InChI=1S/C24H28N2O6/c1-25(2)12-13-26-21(17-14-15(30-3)10-11-19(17)32-5)20(23(28)24(26)29)22(27)16-8-6-7-9-18(16)31-4/h6-11,14,21,27H,12-13H2,1-5H3/b22-20+. The molecule has 0 radical (unpaired) electrons. The first-order chi connectivity index (χ1) is 15.3. The molecule has 1 aliphatic heterocycles. The van der Waals surface area contributed by atoms with Gasteiger partial charge in [0.15, 0.2) is 0 Å². The fourth-order valence-corrected chi connectivity index (χ4v) is 3.78. The molecular weight excluding hydrogens is 412 g/mol. The molecule has 8 heteroatoms. The lowest BCUT2D eigenvalue weighted by Gasteiger charge is -2.28. The number of carbonyl (C=O) groups is 2. The molecule has 1 aliphatic rings. The predicted molar refractivity (Wildman–Crippen MR) is 120 cm³/mol. The molecule has 32 heavy (non-hydrogen) atoms. The Labute approximate surface area is 187 Å². The van der Waals surface area contributed by atoms with Gasteiger partial charge in [-0.15, -0.1) is 0 Å². The van der Waals surface area contributed by atoms with Crippen molar-refractivity contribution < 1.29 is 28.9 Å². The topological polar surface area (TPSA) is 88.5 Å². The Hall–Kier alpha value is -3.52. The van der Waals surface area contributed by atoms with Gasteiger partial charge in [0.05, 0.1) is 38.5 Å². The molecule has 0 aromatic heterocycles. The van der Waals surface area contributed by atoms with Crippen molar-refractivity contribution in [3.05, 3.63) is 59.2 Å². The Bertz CT molecular complexity index is 1050. The van der Waals surface area contributed by atoms with E-state index in [9.17, 15) is 14.7 Å². The molecule has 1 unspecified atom stereocenters. The third kappa shape index (κ3) is 4.27. The summed E-state index contributed by atoms with van der Waals surface area (Å²) < 4.78 is 16.3. The molecule has 0 bridgehead atoms. The second-order valence-electron chi connectivity index (χ2n) is 7.60. The lowest BCUT2D eigenvalue weighted by molar-refractivity contribution is -0.140. The Morgan fingerprint density at radius 3 is 2.31 bits per heavy atom. The summed E-state index contributed by atoms with van der Waals surface area (Å²) in [7, 11) is 8.28. The maximum Gasteiger partial charge on any atom is 0.295 e. The van der Waals surface area contributed by atoms with E-state index in [1.807, 2.05) is 19.0 Å². The van der Waals surface area contributed by atoms with Crippen LogP contribution in [-0.4, -0.2) is 75.1 Å². The number of aliphatic hydroxyl groups is 1. The normalized spacial score (nSPS) is 17.7. The molecule has 1 fully saturated rings. The summed E-state index contributed by atoms with van der Waals surface area (Å²) in [5.41, 5.74) is 0.846. The van der Waals surface area contributed by atoms with E-state index in [0.717, 1.165) is 0 Å². The number of ketones is 1. The van der Waals surface area contributed by atoms with Gasteiger partial charge >= 0.3 is 0 Å². The van der Waals surface area contributed by atoms with E-state index < -0.39 is 17.7 Å². The number of likely N-dealkylation sites (N-methyl/N-ethyl adjacent to an activating group) is 1. The van der Waals surface area contributed by atoms with Crippen molar-refractivity contribution in [2.45, 2.75) is 6.04 Å². The summed E-state index contributed by atoms with van der Waals surface area (Å²) in [5.74, 6) is -0.348. The van der Waals surface area contributed by atoms with Crippen LogP contribution in [-0.2, 0) is 9.59 Å². The fourth-order valence-electron chi connectivity index (χ4n) is 3.78. The first-order valence-corrected chi connectivity index (χ1v) is 10.1. The highest BCUT2D eigenvalue weighted by molar-refractivity contribution is 6.46. The van der Waals surface area contributed by atoms with Crippen LogP contribution in [0.15, 0.2) is 48.0 Å². The molecule has 1 N–H and O–H groups in total. The zero-order chi connectivity index (χ0) is 23.4. The van der Waals surface area contributed by atoms with Gasteiger partial charge in [0.2, 0.25) is 0 Å². The number of amides is 1. The summed E-state index contributed by atoms with van der Waals surface area (Å²) in [5, 5.41) is 11.3. The number of carbonyl (C=O) groups excluding carboxylic acids is 2. The summed E-state index contributed by atoms with van der Waals surface area (Å²) in [4.78, 5) is 29.6. The minimum absolute atomic E-state index is 0.0233. The largest absolute Gasteiger partial charge is 0.507 e. The van der Waals surface area contributed by atoms with E-state index in [1.165, 1.54) is 26.2 Å². The van der Waals surface area contributed by atoms with Gasteiger partial charge in [-0.3, -0.25) is 9.59 Å². The molecule has 3 rings (SSSR count). The van der Waals surface area contributed by atoms with Crippen molar-refractivity contribution >= 4 is 17.4 Å². The zero-order valence-electron chi connectivity index (χ0n) is 18.9. The minimum Gasteiger partial charge on any atom is -0.507 e. The number of para-hydroxylation sites is 1. The molecule has 1 atom stereocenters. The Balaban J connectivity index is 2.27. The molecule has 0 saturated carbocycles. The average Bonchev–Trinajstić information content (AvgIpc) is 3.06. The van der Waals surface area contributed by atoms with Gasteiger partial charge < -0.3 is 29.1 Å². The van der Waals surface area contributed by atoms with Crippen molar-refractivity contribution in [2.24, 2.45) is 0 Å². The second kappa shape index (κ2) is 9.74. The van der Waals surface area contributed by atoms with Crippen LogP contribution in [0.4, 0.5) is 0 Å². The van der Waals surface area contributed by atoms with Crippen molar-refractivity contribution in [2.75, 3.05) is 48.5 Å². The summed E-state index contributed by atoms with van der Waals surface area (Å²) >= 11 is 0. The van der Waals surface area contributed by atoms with E-state index in [4.69, 9.17) is 14.2 Å². The molecule has 170 valence electrons. The van der Waals surface area contributed by atoms with E-state index in [2.05, 4.69) is 0 Å². The number of Topliss-reactive ketones (excluding diaryl/α,β-unsaturated/α-hetero) is 1. The predicted octanol–water partition coefficient (Wildman–Crippen LogP) is 2.70. The summed E-state index contributed by atoms with van der Waals surface area (Å²) in [6.45, 7) is 0.815. The molecule has 2 aromatic rings. The highest BCUT2D eigenvalue weighted by Gasteiger charge is 2.47. The van der Waals surface area contributed by atoms with Crippen molar-refractivity contribution in [3.63, 3.8) is 0 Å². The number of ether oxygens (including phenoxy) is 3. The monoisotopic (exact) mass is 440 g/mol. The van der Waals surface area contributed by atoms with Gasteiger partial charge in [-0.1, -0.05) is 12.1 Å².